The Morgan fingerprint density at radius 2 is 2.05 bits per heavy atom. The van der Waals surface area contributed by atoms with Crippen molar-refractivity contribution in [1.29, 1.82) is 0 Å². The number of carboxylic acids is 1. The fourth-order valence-electron chi connectivity index (χ4n) is 2.60. The first kappa shape index (κ1) is 15.3. The lowest BCUT2D eigenvalue weighted by molar-refractivity contribution is 0.0690. The van der Waals surface area contributed by atoms with Gasteiger partial charge in [-0.3, -0.25) is 0 Å². The number of rotatable bonds is 6. The summed E-state index contributed by atoms with van der Waals surface area (Å²) in [5.41, 5.74) is 0.890. The first-order valence-corrected chi connectivity index (χ1v) is 8.36. The van der Waals surface area contributed by atoms with Crippen molar-refractivity contribution in [1.82, 2.24) is 9.97 Å². The van der Waals surface area contributed by atoms with E-state index in [2.05, 4.69) is 16.9 Å². The quantitative estimate of drug-likeness (QED) is 0.487. The summed E-state index contributed by atoms with van der Waals surface area (Å²) < 4.78 is 0. The van der Waals surface area contributed by atoms with Crippen LogP contribution >= 0.6 is 11.8 Å². The molecule has 1 heterocycles. The van der Waals surface area contributed by atoms with Crippen LogP contribution in [0.5, 0.6) is 0 Å². The average molecular weight is 294 g/mol. The van der Waals surface area contributed by atoms with E-state index >= 15 is 0 Å². The SMILES string of the molecule is CCCCSc1nc(C2CCCC2)nc(C)c1C(=O)O. The van der Waals surface area contributed by atoms with Gasteiger partial charge in [0, 0.05) is 5.92 Å². The van der Waals surface area contributed by atoms with E-state index in [1.807, 2.05) is 0 Å². The average Bonchev–Trinajstić information content (AvgIpc) is 2.91. The minimum absolute atomic E-state index is 0.285. The zero-order valence-electron chi connectivity index (χ0n) is 12.2. The van der Waals surface area contributed by atoms with Crippen LogP contribution in [-0.2, 0) is 0 Å². The largest absolute Gasteiger partial charge is 0.478 e. The predicted octanol–water partition coefficient (Wildman–Crippen LogP) is 4.03. The molecule has 1 N–H and O–H groups in total. The lowest BCUT2D eigenvalue weighted by atomic mass is 10.1. The molecule has 0 aromatic carbocycles. The van der Waals surface area contributed by atoms with Crippen LogP contribution < -0.4 is 0 Å². The maximum absolute atomic E-state index is 11.4. The molecule has 0 bridgehead atoms. The first-order chi connectivity index (χ1) is 9.63. The minimum Gasteiger partial charge on any atom is -0.478 e. The van der Waals surface area contributed by atoms with Gasteiger partial charge in [-0.2, -0.15) is 0 Å². The van der Waals surface area contributed by atoms with Gasteiger partial charge in [0.15, 0.2) is 0 Å². The van der Waals surface area contributed by atoms with E-state index in [1.54, 1.807) is 18.7 Å². The molecule has 0 atom stereocenters. The normalized spacial score (nSPS) is 15.7. The molecule has 1 aromatic heterocycles. The number of aromatic carboxylic acids is 1. The second-order valence-electron chi connectivity index (χ2n) is 5.34. The molecular formula is C15H22N2O2S. The standard InChI is InChI=1S/C15H22N2O2S/c1-3-4-9-20-14-12(15(18)19)10(2)16-13(17-14)11-7-5-6-8-11/h11H,3-9H2,1-2H3,(H,18,19). The number of unbranched alkanes of at least 4 members (excludes halogenated alkanes) is 1. The molecule has 4 nitrogen and oxygen atoms in total. The lowest BCUT2D eigenvalue weighted by Gasteiger charge is -2.13. The highest BCUT2D eigenvalue weighted by Crippen LogP contribution is 2.34. The molecule has 0 unspecified atom stereocenters. The van der Waals surface area contributed by atoms with Crippen molar-refractivity contribution in [2.45, 2.75) is 63.3 Å². The van der Waals surface area contributed by atoms with Crippen molar-refractivity contribution in [2.75, 3.05) is 5.75 Å². The van der Waals surface area contributed by atoms with Crippen molar-refractivity contribution in [2.24, 2.45) is 0 Å². The van der Waals surface area contributed by atoms with Crippen LogP contribution in [0.4, 0.5) is 0 Å². The number of nitrogens with zero attached hydrogens (tertiary/aromatic N) is 2. The summed E-state index contributed by atoms with van der Waals surface area (Å²) in [6, 6.07) is 0. The minimum atomic E-state index is -0.917. The van der Waals surface area contributed by atoms with Crippen molar-refractivity contribution in [3.63, 3.8) is 0 Å². The van der Waals surface area contributed by atoms with Gasteiger partial charge in [0.05, 0.1) is 5.69 Å². The molecule has 0 saturated heterocycles. The Morgan fingerprint density at radius 3 is 2.65 bits per heavy atom. The van der Waals surface area contributed by atoms with Crippen LogP contribution in [0.2, 0.25) is 0 Å². The Hall–Kier alpha value is -1.10. The summed E-state index contributed by atoms with van der Waals surface area (Å²) in [6.07, 6.45) is 6.90. The molecular weight excluding hydrogens is 272 g/mol. The molecule has 1 saturated carbocycles. The Morgan fingerprint density at radius 1 is 1.35 bits per heavy atom. The Kier molecular flexibility index (Phi) is 5.40. The van der Waals surface area contributed by atoms with Crippen molar-refractivity contribution < 1.29 is 9.90 Å². The molecule has 1 fully saturated rings. The maximum Gasteiger partial charge on any atom is 0.340 e. The highest BCUT2D eigenvalue weighted by atomic mass is 32.2. The van der Waals surface area contributed by atoms with Crippen molar-refractivity contribution in [3.8, 4) is 0 Å². The summed E-state index contributed by atoms with van der Waals surface area (Å²) in [5, 5.41) is 10.0. The summed E-state index contributed by atoms with van der Waals surface area (Å²) in [5.74, 6) is 1.27. The van der Waals surface area contributed by atoms with Crippen LogP contribution in [0.3, 0.4) is 0 Å². The molecule has 1 aliphatic rings. The van der Waals surface area contributed by atoms with Crippen LogP contribution in [-0.4, -0.2) is 26.8 Å². The summed E-state index contributed by atoms with van der Waals surface area (Å²) in [4.78, 5) is 20.5. The van der Waals surface area contributed by atoms with E-state index in [0.717, 1.165) is 37.3 Å². The van der Waals surface area contributed by atoms with Crippen molar-refractivity contribution >= 4 is 17.7 Å². The summed E-state index contributed by atoms with van der Waals surface area (Å²) in [6.45, 7) is 3.92. The van der Waals surface area contributed by atoms with Crippen LogP contribution in [0.25, 0.3) is 0 Å². The van der Waals surface area contributed by atoms with E-state index < -0.39 is 5.97 Å². The number of aryl methyl sites for hydroxylation is 1. The third-order valence-electron chi connectivity index (χ3n) is 3.74. The van der Waals surface area contributed by atoms with Crippen molar-refractivity contribution in [3.05, 3.63) is 17.1 Å². The molecule has 1 aliphatic carbocycles. The highest BCUT2D eigenvalue weighted by molar-refractivity contribution is 7.99. The third-order valence-corrected chi connectivity index (χ3v) is 4.81. The van der Waals surface area contributed by atoms with Gasteiger partial charge in [0.25, 0.3) is 0 Å². The monoisotopic (exact) mass is 294 g/mol. The van der Waals surface area contributed by atoms with E-state index in [-0.39, 0.29) is 5.56 Å². The number of hydrogen-bond donors (Lipinski definition) is 1. The van der Waals surface area contributed by atoms with Crippen LogP contribution in [0.1, 0.15) is 73.2 Å². The number of aromatic nitrogens is 2. The third kappa shape index (κ3) is 3.51. The Labute approximate surface area is 124 Å². The first-order valence-electron chi connectivity index (χ1n) is 7.38. The van der Waals surface area contributed by atoms with Crippen LogP contribution in [0.15, 0.2) is 5.03 Å². The lowest BCUT2D eigenvalue weighted by Crippen LogP contribution is -2.11. The van der Waals surface area contributed by atoms with Gasteiger partial charge in [-0.25, -0.2) is 14.8 Å². The number of carboxylic acid groups (broad SMARTS) is 1. The van der Waals surface area contributed by atoms with Gasteiger partial charge in [-0.15, -0.1) is 11.8 Å². The van der Waals surface area contributed by atoms with E-state index in [4.69, 9.17) is 0 Å². The summed E-state index contributed by atoms with van der Waals surface area (Å²) in [7, 11) is 0. The zero-order valence-corrected chi connectivity index (χ0v) is 13.0. The number of carbonyl (C=O) groups is 1. The van der Waals surface area contributed by atoms with Gasteiger partial charge in [-0.05, 0) is 31.9 Å². The highest BCUT2D eigenvalue weighted by Gasteiger charge is 2.24. The molecule has 20 heavy (non-hydrogen) atoms. The molecule has 0 aliphatic heterocycles. The maximum atomic E-state index is 11.4. The van der Waals surface area contributed by atoms with Gasteiger partial charge in [0.2, 0.25) is 0 Å². The van der Waals surface area contributed by atoms with E-state index in [1.165, 1.54) is 12.8 Å². The van der Waals surface area contributed by atoms with Crippen LogP contribution in [0, 0.1) is 6.92 Å². The second kappa shape index (κ2) is 7.07. The fraction of sp³-hybridized carbons (Fsp3) is 0.667. The van der Waals surface area contributed by atoms with Gasteiger partial charge < -0.3 is 5.11 Å². The Bertz CT molecular complexity index is 485. The van der Waals surface area contributed by atoms with Gasteiger partial charge >= 0.3 is 5.97 Å². The van der Waals surface area contributed by atoms with Gasteiger partial charge in [0.1, 0.15) is 16.4 Å². The molecule has 5 heteroatoms. The molecule has 1 aromatic rings. The molecule has 0 radical (unpaired) electrons. The molecule has 0 spiro atoms. The van der Waals surface area contributed by atoms with E-state index in [9.17, 15) is 9.90 Å². The van der Waals surface area contributed by atoms with E-state index in [0.29, 0.717) is 16.6 Å². The number of hydrogen-bond acceptors (Lipinski definition) is 4. The Balaban J connectivity index is 2.30. The smallest absolute Gasteiger partial charge is 0.340 e. The fourth-order valence-corrected chi connectivity index (χ4v) is 3.76. The zero-order chi connectivity index (χ0) is 14.5. The molecule has 110 valence electrons. The molecule has 2 rings (SSSR count). The van der Waals surface area contributed by atoms with Gasteiger partial charge in [-0.1, -0.05) is 26.2 Å². The molecule has 0 amide bonds. The topological polar surface area (TPSA) is 63.1 Å². The number of thioether (sulfide) groups is 1. The predicted molar refractivity (Wildman–Crippen MR) is 80.6 cm³/mol. The summed E-state index contributed by atoms with van der Waals surface area (Å²) >= 11 is 1.56. The second-order valence-corrected chi connectivity index (χ2v) is 6.42.